The Balaban J connectivity index is 2.64. The molecular weight excluding hydrogens is 148 g/mol. The first-order valence-corrected chi connectivity index (χ1v) is 5.06. The Morgan fingerprint density at radius 3 is 2.17 bits per heavy atom. The Bertz CT molecular complexity index is 139. The van der Waals surface area contributed by atoms with Crippen LogP contribution in [-0.2, 0) is 0 Å². The minimum atomic E-state index is 0.233. The third-order valence-electron chi connectivity index (χ3n) is 3.49. The van der Waals surface area contributed by atoms with Crippen LogP contribution >= 0.6 is 0 Å². The Morgan fingerprint density at radius 2 is 1.83 bits per heavy atom. The molecular formula is C10H22N2. The Morgan fingerprint density at radius 1 is 1.33 bits per heavy atom. The molecule has 12 heavy (non-hydrogen) atoms. The van der Waals surface area contributed by atoms with Crippen LogP contribution < -0.4 is 5.73 Å². The first-order chi connectivity index (χ1) is 5.61. The van der Waals surface area contributed by atoms with E-state index in [4.69, 9.17) is 5.73 Å². The minimum Gasteiger partial charge on any atom is -0.329 e. The maximum Gasteiger partial charge on any atom is 0.0326 e. The normalized spacial score (nSPS) is 24.8. The van der Waals surface area contributed by atoms with Crippen molar-refractivity contribution in [3.05, 3.63) is 0 Å². The summed E-state index contributed by atoms with van der Waals surface area (Å²) in [6.07, 6.45) is 2.70. The van der Waals surface area contributed by atoms with E-state index in [1.165, 1.54) is 25.9 Å². The zero-order chi connectivity index (χ0) is 9.19. The molecule has 0 bridgehead atoms. The summed E-state index contributed by atoms with van der Waals surface area (Å²) in [7, 11) is 0. The molecule has 0 aromatic rings. The average Bonchev–Trinajstić information content (AvgIpc) is 2.54. The topological polar surface area (TPSA) is 29.3 Å². The highest BCUT2D eigenvalue weighted by Gasteiger charge is 2.34. The molecule has 1 saturated heterocycles. The van der Waals surface area contributed by atoms with E-state index in [0.717, 1.165) is 6.54 Å². The van der Waals surface area contributed by atoms with E-state index in [1.54, 1.807) is 0 Å². The Hall–Kier alpha value is -0.0800. The van der Waals surface area contributed by atoms with E-state index in [1.807, 2.05) is 0 Å². The second kappa shape index (κ2) is 3.75. The quantitative estimate of drug-likeness (QED) is 0.694. The van der Waals surface area contributed by atoms with Gasteiger partial charge in [0.15, 0.2) is 0 Å². The van der Waals surface area contributed by atoms with E-state index in [-0.39, 0.29) is 5.54 Å². The molecule has 1 fully saturated rings. The van der Waals surface area contributed by atoms with Gasteiger partial charge in [0.05, 0.1) is 0 Å². The van der Waals surface area contributed by atoms with Crippen molar-refractivity contribution in [3.8, 4) is 0 Å². The second-order valence-electron chi connectivity index (χ2n) is 4.41. The van der Waals surface area contributed by atoms with Crippen LogP contribution in [-0.4, -0.2) is 30.1 Å². The SMILES string of the molecule is CC(C)C(C)(CN)N1CCCC1. The molecule has 1 rings (SSSR count). The fourth-order valence-electron chi connectivity index (χ4n) is 1.96. The van der Waals surface area contributed by atoms with Crippen LogP contribution in [0, 0.1) is 5.92 Å². The van der Waals surface area contributed by atoms with Gasteiger partial charge in [-0.15, -0.1) is 0 Å². The molecule has 0 aromatic heterocycles. The zero-order valence-electron chi connectivity index (χ0n) is 8.64. The van der Waals surface area contributed by atoms with Crippen molar-refractivity contribution in [2.75, 3.05) is 19.6 Å². The lowest BCUT2D eigenvalue weighted by molar-refractivity contribution is 0.0933. The molecule has 1 unspecified atom stereocenters. The number of hydrogen-bond acceptors (Lipinski definition) is 2. The second-order valence-corrected chi connectivity index (χ2v) is 4.41. The molecule has 0 spiro atoms. The molecule has 0 saturated carbocycles. The largest absolute Gasteiger partial charge is 0.329 e. The number of rotatable bonds is 3. The van der Waals surface area contributed by atoms with Crippen molar-refractivity contribution in [2.24, 2.45) is 11.7 Å². The van der Waals surface area contributed by atoms with Gasteiger partial charge in [-0.2, -0.15) is 0 Å². The fraction of sp³-hybridized carbons (Fsp3) is 1.00. The van der Waals surface area contributed by atoms with E-state index >= 15 is 0 Å². The van der Waals surface area contributed by atoms with Crippen LogP contribution in [0.1, 0.15) is 33.6 Å². The molecule has 72 valence electrons. The highest BCUT2D eigenvalue weighted by Crippen LogP contribution is 2.27. The summed E-state index contributed by atoms with van der Waals surface area (Å²) in [6, 6.07) is 0. The molecule has 1 aliphatic heterocycles. The van der Waals surface area contributed by atoms with Crippen molar-refractivity contribution >= 4 is 0 Å². The van der Waals surface area contributed by atoms with E-state index in [0.29, 0.717) is 5.92 Å². The molecule has 2 N–H and O–H groups in total. The summed E-state index contributed by atoms with van der Waals surface area (Å²) < 4.78 is 0. The molecule has 1 aliphatic rings. The molecule has 0 aliphatic carbocycles. The van der Waals surface area contributed by atoms with Crippen LogP contribution in [0.5, 0.6) is 0 Å². The van der Waals surface area contributed by atoms with Gasteiger partial charge in [0.1, 0.15) is 0 Å². The summed E-state index contributed by atoms with van der Waals surface area (Å²) in [6.45, 7) is 10.1. The van der Waals surface area contributed by atoms with Crippen LogP contribution in [0.3, 0.4) is 0 Å². The van der Waals surface area contributed by atoms with Gasteiger partial charge >= 0.3 is 0 Å². The van der Waals surface area contributed by atoms with Gasteiger partial charge in [-0.1, -0.05) is 13.8 Å². The van der Waals surface area contributed by atoms with Crippen molar-refractivity contribution < 1.29 is 0 Å². The highest BCUT2D eigenvalue weighted by atomic mass is 15.2. The average molecular weight is 170 g/mol. The zero-order valence-corrected chi connectivity index (χ0v) is 8.64. The van der Waals surface area contributed by atoms with Gasteiger partial charge in [0.2, 0.25) is 0 Å². The fourth-order valence-corrected chi connectivity index (χ4v) is 1.96. The number of likely N-dealkylation sites (tertiary alicyclic amines) is 1. The Kier molecular flexibility index (Phi) is 3.13. The Labute approximate surface area is 76.1 Å². The van der Waals surface area contributed by atoms with E-state index in [9.17, 15) is 0 Å². The van der Waals surface area contributed by atoms with Crippen molar-refractivity contribution in [1.29, 1.82) is 0 Å². The van der Waals surface area contributed by atoms with Gasteiger partial charge in [-0.25, -0.2) is 0 Å². The third kappa shape index (κ3) is 1.64. The first kappa shape index (κ1) is 10.0. The third-order valence-corrected chi connectivity index (χ3v) is 3.49. The van der Waals surface area contributed by atoms with Gasteiger partial charge in [0.25, 0.3) is 0 Å². The molecule has 1 atom stereocenters. The summed E-state index contributed by atoms with van der Waals surface area (Å²) in [5.41, 5.74) is 6.08. The molecule has 1 heterocycles. The number of nitrogens with zero attached hydrogens (tertiary/aromatic N) is 1. The maximum absolute atomic E-state index is 5.85. The van der Waals surface area contributed by atoms with Crippen LogP contribution in [0.2, 0.25) is 0 Å². The first-order valence-electron chi connectivity index (χ1n) is 5.06. The van der Waals surface area contributed by atoms with Crippen molar-refractivity contribution in [3.63, 3.8) is 0 Å². The molecule has 0 aromatic carbocycles. The van der Waals surface area contributed by atoms with Gasteiger partial charge in [0, 0.05) is 12.1 Å². The smallest absolute Gasteiger partial charge is 0.0326 e. The van der Waals surface area contributed by atoms with E-state index < -0.39 is 0 Å². The highest BCUT2D eigenvalue weighted by molar-refractivity contribution is 4.92. The van der Waals surface area contributed by atoms with Crippen molar-refractivity contribution in [1.82, 2.24) is 4.90 Å². The summed E-state index contributed by atoms with van der Waals surface area (Å²) in [5.74, 6) is 0.653. The molecule has 2 nitrogen and oxygen atoms in total. The van der Waals surface area contributed by atoms with Crippen LogP contribution in [0.25, 0.3) is 0 Å². The predicted octanol–water partition coefficient (Wildman–Crippen LogP) is 1.46. The molecule has 0 amide bonds. The lowest BCUT2D eigenvalue weighted by Crippen LogP contribution is -2.53. The molecule has 0 radical (unpaired) electrons. The van der Waals surface area contributed by atoms with Crippen molar-refractivity contribution in [2.45, 2.75) is 39.2 Å². The van der Waals surface area contributed by atoms with Crippen LogP contribution in [0.15, 0.2) is 0 Å². The maximum atomic E-state index is 5.85. The van der Waals surface area contributed by atoms with E-state index in [2.05, 4.69) is 25.7 Å². The number of nitrogens with two attached hydrogens (primary N) is 1. The molecule has 2 heteroatoms. The summed E-state index contributed by atoms with van der Waals surface area (Å²) in [4.78, 5) is 2.55. The lowest BCUT2D eigenvalue weighted by atomic mass is 9.87. The number of hydrogen-bond donors (Lipinski definition) is 1. The van der Waals surface area contributed by atoms with Gasteiger partial charge < -0.3 is 5.73 Å². The van der Waals surface area contributed by atoms with Gasteiger partial charge in [-0.3, -0.25) is 4.90 Å². The van der Waals surface area contributed by atoms with Crippen LogP contribution in [0.4, 0.5) is 0 Å². The van der Waals surface area contributed by atoms with Gasteiger partial charge in [-0.05, 0) is 38.8 Å². The summed E-state index contributed by atoms with van der Waals surface area (Å²) >= 11 is 0. The predicted molar refractivity (Wildman–Crippen MR) is 53.1 cm³/mol. The monoisotopic (exact) mass is 170 g/mol. The lowest BCUT2D eigenvalue weighted by Gasteiger charge is -2.41. The standard InChI is InChI=1S/C10H22N2/c1-9(2)10(3,8-11)12-6-4-5-7-12/h9H,4-8,11H2,1-3H3. The summed E-state index contributed by atoms with van der Waals surface area (Å²) in [5, 5.41) is 0. The minimum absolute atomic E-state index is 0.233.